The maximum atomic E-state index is 15.0. The Morgan fingerprint density at radius 1 is 0.867 bits per heavy atom. The lowest BCUT2D eigenvalue weighted by atomic mass is 9.75. The molecular formula is C54H59ClF2N8O10. The van der Waals surface area contributed by atoms with Gasteiger partial charge in [-0.15, -0.1) is 0 Å². The molecule has 3 aliphatic heterocycles. The van der Waals surface area contributed by atoms with Gasteiger partial charge in [0.2, 0.25) is 11.4 Å². The zero-order chi connectivity index (χ0) is 53.2. The number of nitrogens with zero attached hydrogens (tertiary/aromatic N) is 8. The molecule has 21 heteroatoms. The molecule has 1 N–H and O–H groups in total. The largest absolute Gasteiger partial charge is 0.496 e. The van der Waals surface area contributed by atoms with E-state index in [1.807, 2.05) is 43.3 Å². The molecule has 0 amide bonds. The second-order valence-corrected chi connectivity index (χ2v) is 19.5. The fraction of sp³-hybridized carbons (Fsp3) is 0.407. The van der Waals surface area contributed by atoms with Gasteiger partial charge in [-0.25, -0.2) is 32.5 Å². The number of anilines is 2. The average molecular weight is 1050 g/mol. The summed E-state index contributed by atoms with van der Waals surface area (Å²) in [7, 11) is 4.31. The second kappa shape index (κ2) is 21.9. The van der Waals surface area contributed by atoms with E-state index in [1.165, 1.54) is 67.5 Å². The van der Waals surface area contributed by atoms with Crippen molar-refractivity contribution >= 4 is 34.5 Å². The summed E-state index contributed by atoms with van der Waals surface area (Å²) in [6.07, 6.45) is 6.36. The number of benzene rings is 4. The third-order valence-electron chi connectivity index (χ3n) is 14.5. The number of aromatic nitrogens is 6. The molecule has 2 saturated heterocycles. The van der Waals surface area contributed by atoms with Crippen molar-refractivity contribution in [2.24, 2.45) is 11.8 Å². The van der Waals surface area contributed by atoms with Gasteiger partial charge in [0.1, 0.15) is 64.1 Å². The van der Waals surface area contributed by atoms with Crippen LogP contribution in [0.5, 0.6) is 23.0 Å². The van der Waals surface area contributed by atoms with E-state index in [-0.39, 0.29) is 64.3 Å². The Labute approximate surface area is 436 Å². The van der Waals surface area contributed by atoms with Crippen molar-refractivity contribution in [3.63, 3.8) is 0 Å². The van der Waals surface area contributed by atoms with Crippen LogP contribution in [-0.4, -0.2) is 118 Å². The molecule has 5 heterocycles. The van der Waals surface area contributed by atoms with Gasteiger partial charge in [0.15, 0.2) is 17.3 Å². The summed E-state index contributed by atoms with van der Waals surface area (Å²) in [5.74, 6) is -0.456. The average Bonchev–Trinajstić information content (AvgIpc) is 4.23. The van der Waals surface area contributed by atoms with Gasteiger partial charge >= 0.3 is 5.69 Å². The number of ketones is 2. The molecule has 396 valence electrons. The summed E-state index contributed by atoms with van der Waals surface area (Å²) in [6, 6.07) is 20.7. The first kappa shape index (κ1) is 52.6. The van der Waals surface area contributed by atoms with Crippen molar-refractivity contribution in [2.45, 2.75) is 69.9 Å². The minimum absolute atomic E-state index is 0.0121. The number of aliphatic hydroxyl groups excluding tert-OH is 1. The third-order valence-corrected chi connectivity index (χ3v) is 14.8. The normalized spacial score (nSPS) is 22.0. The van der Waals surface area contributed by atoms with Gasteiger partial charge in [-0.3, -0.25) is 9.59 Å². The summed E-state index contributed by atoms with van der Waals surface area (Å²) < 4.78 is 67.5. The molecule has 0 saturated carbocycles. The Kier molecular flexibility index (Phi) is 15.3. The predicted octanol–water partition coefficient (Wildman–Crippen LogP) is 7.38. The van der Waals surface area contributed by atoms with Gasteiger partial charge in [0.25, 0.3) is 0 Å². The van der Waals surface area contributed by atoms with Gasteiger partial charge in [-0.05, 0) is 74.4 Å². The van der Waals surface area contributed by atoms with Crippen LogP contribution in [0.1, 0.15) is 62.0 Å². The van der Waals surface area contributed by atoms with Crippen LogP contribution in [0.4, 0.5) is 20.2 Å². The molecule has 18 nitrogen and oxygen atoms in total. The molecule has 0 bridgehead atoms. The van der Waals surface area contributed by atoms with Gasteiger partial charge in [0.05, 0.1) is 58.9 Å². The summed E-state index contributed by atoms with van der Waals surface area (Å²) in [5, 5.41) is 18.7. The first-order chi connectivity index (χ1) is 36.1. The number of aliphatic hydroxyl groups is 1. The molecule has 4 aliphatic rings. The van der Waals surface area contributed by atoms with E-state index < -0.39 is 34.9 Å². The van der Waals surface area contributed by atoms with Gasteiger partial charge in [0, 0.05) is 79.6 Å². The van der Waals surface area contributed by atoms with Crippen molar-refractivity contribution in [3.8, 4) is 28.7 Å². The number of carbonyl (C=O) groups excluding carboxylic acids is 2. The van der Waals surface area contributed by atoms with E-state index in [4.69, 9.17) is 40.0 Å². The molecule has 10 rings (SSSR count). The number of hydrogen-bond donors (Lipinski definition) is 1. The number of carbonyl (C=O) groups is 2. The smallest absolute Gasteiger partial charge is 0.350 e. The second-order valence-electron chi connectivity index (χ2n) is 19.1. The number of allylic oxidation sites excluding steroid dienone is 1. The first-order valence-corrected chi connectivity index (χ1v) is 25.1. The summed E-state index contributed by atoms with van der Waals surface area (Å²) in [5.41, 5.74) is 0.734. The maximum Gasteiger partial charge on any atom is 0.350 e. The number of methoxy groups -OCH3 is 3. The van der Waals surface area contributed by atoms with E-state index in [0.717, 1.165) is 55.1 Å². The molecule has 2 fully saturated rings. The summed E-state index contributed by atoms with van der Waals surface area (Å²) >= 11 is 6.33. The topological polar surface area (TPSA) is 187 Å². The number of Topliss-reactive ketones (excluding diaryl/α,β-unsaturated/α-hetero) is 1. The Morgan fingerprint density at radius 3 is 2.13 bits per heavy atom. The molecule has 2 aromatic heterocycles. The number of piperazine rings is 1. The Balaban J connectivity index is 0.000000239. The zero-order valence-corrected chi connectivity index (χ0v) is 43.2. The number of fused-ring (bicyclic) bond motifs is 1. The van der Waals surface area contributed by atoms with Gasteiger partial charge in [-0.1, -0.05) is 31.5 Å². The molecule has 1 spiro atoms. The van der Waals surface area contributed by atoms with Gasteiger partial charge < -0.3 is 43.3 Å². The molecule has 4 aromatic carbocycles. The minimum Gasteiger partial charge on any atom is -0.496 e. The van der Waals surface area contributed by atoms with Crippen LogP contribution in [0.25, 0.3) is 5.69 Å². The Hall–Kier alpha value is -7.29. The molecule has 6 aromatic rings. The molecular weight excluding hydrogens is 994 g/mol. The highest BCUT2D eigenvalue weighted by atomic mass is 35.5. The lowest BCUT2D eigenvalue weighted by molar-refractivity contribution is -0.118. The standard InChI is InChI=1S/C37H42F2N8O4.C17H17ClO6/c1-3-35(26(2)48)47-36(49)46(25-42-47)31-7-5-29(6-8-31)43-14-16-44(17-15-43)30-9-11-32(12-10-30)50-20-27-19-37(51-21-27,22-45-24-40-23-41-45)33-13-4-28(38)18-34(33)39;1-8-5-9(19)6-12(23-4)17(8)16(20)13-10(21-2)7-11(22-3)14(18)15(13)24-17/h4-13,18,23-27,35,48H,3,14-17,19-22H2,1-2H3;6-8H,5H2,1-4H3/t26-,27?,35-,37-;8-,17+/m01/s1. The monoisotopic (exact) mass is 1050 g/mol. The van der Waals surface area contributed by atoms with Crippen LogP contribution in [-0.2, 0) is 26.4 Å². The van der Waals surface area contributed by atoms with E-state index in [9.17, 15) is 28.3 Å². The fourth-order valence-electron chi connectivity index (χ4n) is 10.5. The fourth-order valence-corrected chi connectivity index (χ4v) is 10.8. The molecule has 6 atom stereocenters. The molecule has 75 heavy (non-hydrogen) atoms. The lowest BCUT2D eigenvalue weighted by Crippen LogP contribution is -2.51. The molecule has 1 unspecified atom stereocenters. The predicted molar refractivity (Wildman–Crippen MR) is 273 cm³/mol. The van der Waals surface area contributed by atoms with Crippen LogP contribution >= 0.6 is 11.6 Å². The quantitative estimate of drug-likeness (QED) is 0.107. The third kappa shape index (κ3) is 10.2. The minimum atomic E-state index is -1.42. The van der Waals surface area contributed by atoms with Crippen molar-refractivity contribution in [3.05, 3.63) is 142 Å². The van der Waals surface area contributed by atoms with Crippen LogP contribution in [0.15, 0.2) is 108 Å². The lowest BCUT2D eigenvalue weighted by Gasteiger charge is -2.37. The van der Waals surface area contributed by atoms with E-state index in [2.05, 4.69) is 37.1 Å². The maximum absolute atomic E-state index is 15.0. The van der Waals surface area contributed by atoms with Crippen molar-refractivity contribution < 1.29 is 51.9 Å². The van der Waals surface area contributed by atoms with E-state index >= 15 is 0 Å². The van der Waals surface area contributed by atoms with Crippen LogP contribution < -0.4 is 34.4 Å². The van der Waals surface area contributed by atoms with E-state index in [1.54, 1.807) is 24.9 Å². The van der Waals surface area contributed by atoms with Gasteiger partial charge in [-0.2, -0.15) is 10.2 Å². The SMILES string of the molecule is CC[C@@H]([C@H](C)O)n1ncn(-c2ccc(N3CCN(c4ccc(OCC5CO[C@@](Cn6cncn6)(c6ccc(F)cc6F)C5)cc4)CC3)cc2)c1=O.COC1=CC(=O)C[C@@H](C)[C@]12Oc1c(Cl)c(OC)cc(OC)c1C2=O. The highest BCUT2D eigenvalue weighted by molar-refractivity contribution is 6.35. The molecule has 1 aliphatic carbocycles. The molecule has 0 radical (unpaired) electrons. The Morgan fingerprint density at radius 2 is 1.53 bits per heavy atom. The van der Waals surface area contributed by atoms with Crippen molar-refractivity contribution in [2.75, 3.05) is 70.5 Å². The summed E-state index contributed by atoms with van der Waals surface area (Å²) in [6.45, 7) is 9.74. The number of rotatable bonds is 15. The highest BCUT2D eigenvalue weighted by Gasteiger charge is 2.60. The first-order valence-electron chi connectivity index (χ1n) is 24.7. The van der Waals surface area contributed by atoms with Crippen LogP contribution in [0.3, 0.4) is 0 Å². The highest BCUT2D eigenvalue weighted by Crippen LogP contribution is 2.54. The number of halogens is 3. The number of ether oxygens (including phenoxy) is 6. The van der Waals surface area contributed by atoms with Crippen molar-refractivity contribution in [1.82, 2.24) is 29.1 Å². The van der Waals surface area contributed by atoms with Crippen molar-refractivity contribution in [1.29, 1.82) is 0 Å². The van der Waals surface area contributed by atoms with Crippen LogP contribution in [0.2, 0.25) is 5.02 Å². The summed E-state index contributed by atoms with van der Waals surface area (Å²) in [4.78, 5) is 46.8. The van der Waals surface area contributed by atoms with Crippen LogP contribution in [0, 0.1) is 23.5 Å². The van der Waals surface area contributed by atoms with E-state index in [0.29, 0.717) is 43.1 Å². The number of hydrogen-bond acceptors (Lipinski definition) is 15. The Bertz CT molecular complexity index is 3110. The zero-order valence-electron chi connectivity index (χ0n) is 42.5.